The van der Waals surface area contributed by atoms with E-state index < -0.39 is 21.8 Å². The molecule has 3 heterocycles. The summed E-state index contributed by atoms with van der Waals surface area (Å²) in [5.41, 5.74) is 1.71. The van der Waals surface area contributed by atoms with E-state index in [1.807, 2.05) is 40.8 Å². The van der Waals surface area contributed by atoms with Gasteiger partial charge in [-0.25, -0.2) is 13.4 Å². The van der Waals surface area contributed by atoms with E-state index in [9.17, 15) is 26.4 Å². The van der Waals surface area contributed by atoms with Crippen molar-refractivity contribution in [1.82, 2.24) is 19.4 Å². The highest BCUT2D eigenvalue weighted by Gasteiger charge is 2.31. The SMILES string of the molecule is CCCOc1ccc(CN2CCN(C(=O)c3cc4ccc(Oc5ccc(NS(=O)(=O)c6ccc(C(F)(F)F)cc6)cn5)cc4n3C)CC2)cc1. The molecule has 1 saturated heterocycles. The number of anilines is 1. The van der Waals surface area contributed by atoms with Crippen molar-refractivity contribution in [1.29, 1.82) is 0 Å². The molecule has 1 amide bonds. The fourth-order valence-corrected chi connectivity index (χ4v) is 6.72. The lowest BCUT2D eigenvalue weighted by atomic mass is 10.2. The summed E-state index contributed by atoms with van der Waals surface area (Å²) in [5.74, 6) is 1.48. The van der Waals surface area contributed by atoms with Gasteiger partial charge in [-0.1, -0.05) is 19.1 Å². The quantitative estimate of drug-likeness (QED) is 0.159. The lowest BCUT2D eigenvalue weighted by Crippen LogP contribution is -2.48. The summed E-state index contributed by atoms with van der Waals surface area (Å²) in [7, 11) is -2.31. The molecule has 50 heavy (non-hydrogen) atoms. The largest absolute Gasteiger partial charge is 0.494 e. The summed E-state index contributed by atoms with van der Waals surface area (Å²) in [5, 5.41) is 0.870. The van der Waals surface area contributed by atoms with Crippen LogP contribution < -0.4 is 14.2 Å². The van der Waals surface area contributed by atoms with Crippen molar-refractivity contribution in [3.05, 3.63) is 108 Å². The number of amides is 1. The summed E-state index contributed by atoms with van der Waals surface area (Å²) >= 11 is 0. The molecule has 1 aliphatic heterocycles. The standard InChI is InChI=1S/C36H36F3N5O5S/c1-3-20-48-29-10-4-25(5-11-29)24-43-16-18-44(19-17-43)35(45)33-21-26-6-12-30(22-32(26)42(33)2)49-34-15-9-28(23-40-34)41-50(46,47)31-13-7-27(8-14-31)36(37,38)39/h4-15,21-23,41H,3,16-20,24H2,1-2H3. The topological polar surface area (TPSA) is 106 Å². The summed E-state index contributed by atoms with van der Waals surface area (Å²) in [4.78, 5) is 21.6. The van der Waals surface area contributed by atoms with Gasteiger partial charge in [-0.3, -0.25) is 14.4 Å². The van der Waals surface area contributed by atoms with Crippen molar-refractivity contribution in [2.45, 2.75) is 31.0 Å². The molecule has 1 fully saturated rings. The van der Waals surface area contributed by atoms with E-state index in [2.05, 4.69) is 33.7 Å². The van der Waals surface area contributed by atoms with Gasteiger partial charge in [0.15, 0.2) is 0 Å². The monoisotopic (exact) mass is 707 g/mol. The minimum absolute atomic E-state index is 0.0424. The number of aromatic nitrogens is 2. The molecule has 0 atom stereocenters. The molecule has 0 aliphatic carbocycles. The summed E-state index contributed by atoms with van der Waals surface area (Å²) in [6.45, 7) is 6.36. The highest BCUT2D eigenvalue weighted by atomic mass is 32.2. The molecule has 10 nitrogen and oxygen atoms in total. The van der Waals surface area contributed by atoms with E-state index in [1.54, 1.807) is 12.1 Å². The molecule has 0 saturated carbocycles. The highest BCUT2D eigenvalue weighted by Crippen LogP contribution is 2.31. The lowest BCUT2D eigenvalue weighted by molar-refractivity contribution is -0.137. The number of sulfonamides is 1. The van der Waals surface area contributed by atoms with Crippen LogP contribution in [-0.2, 0) is 29.8 Å². The minimum atomic E-state index is -4.57. The maximum atomic E-state index is 13.6. The predicted octanol–water partition coefficient (Wildman–Crippen LogP) is 6.93. The van der Waals surface area contributed by atoms with Crippen LogP contribution in [0.3, 0.4) is 0 Å². The molecule has 1 aliphatic rings. The lowest BCUT2D eigenvalue weighted by Gasteiger charge is -2.34. The molecule has 262 valence electrons. The van der Waals surface area contributed by atoms with E-state index in [0.29, 0.717) is 43.3 Å². The number of alkyl halides is 3. The van der Waals surface area contributed by atoms with Crippen LogP contribution in [-0.4, -0.2) is 66.5 Å². The Hall–Kier alpha value is -5.08. The first kappa shape index (κ1) is 34.8. The number of carbonyl (C=O) groups is 1. The van der Waals surface area contributed by atoms with Gasteiger partial charge >= 0.3 is 6.18 Å². The first-order chi connectivity index (χ1) is 23.9. The van der Waals surface area contributed by atoms with Gasteiger partial charge in [0.2, 0.25) is 5.88 Å². The van der Waals surface area contributed by atoms with Gasteiger partial charge in [0, 0.05) is 57.3 Å². The molecule has 0 radical (unpaired) electrons. The number of carbonyl (C=O) groups excluding carboxylic acids is 1. The maximum Gasteiger partial charge on any atom is 0.416 e. The van der Waals surface area contributed by atoms with Gasteiger partial charge in [0.25, 0.3) is 15.9 Å². The summed E-state index contributed by atoms with van der Waals surface area (Å²) in [6, 6.07) is 21.5. The third-order valence-electron chi connectivity index (χ3n) is 8.40. The number of aryl methyl sites for hydroxylation is 1. The van der Waals surface area contributed by atoms with Crippen molar-refractivity contribution in [3.8, 4) is 17.4 Å². The van der Waals surface area contributed by atoms with Crippen molar-refractivity contribution in [2.75, 3.05) is 37.5 Å². The van der Waals surface area contributed by atoms with Crippen LogP contribution in [0.2, 0.25) is 0 Å². The first-order valence-corrected chi connectivity index (χ1v) is 17.5. The number of fused-ring (bicyclic) bond motifs is 1. The van der Waals surface area contributed by atoms with Crippen LogP contribution >= 0.6 is 0 Å². The number of nitrogens with zero attached hydrogens (tertiary/aromatic N) is 4. The van der Waals surface area contributed by atoms with E-state index in [4.69, 9.17) is 9.47 Å². The molecule has 5 aromatic rings. The van der Waals surface area contributed by atoms with Crippen molar-refractivity contribution in [3.63, 3.8) is 0 Å². The summed E-state index contributed by atoms with van der Waals surface area (Å²) in [6.07, 6.45) is -2.36. The number of rotatable bonds is 11. The molecule has 2 aromatic heterocycles. The normalized spacial score (nSPS) is 14.1. The molecule has 3 aromatic carbocycles. The summed E-state index contributed by atoms with van der Waals surface area (Å²) < 4.78 is 79.6. The Bertz CT molecular complexity index is 2060. The van der Waals surface area contributed by atoms with Gasteiger partial charge in [-0.15, -0.1) is 0 Å². The predicted molar refractivity (Wildman–Crippen MR) is 183 cm³/mol. The highest BCUT2D eigenvalue weighted by molar-refractivity contribution is 7.92. The van der Waals surface area contributed by atoms with Crippen molar-refractivity contribution in [2.24, 2.45) is 7.05 Å². The molecular formula is C36H36F3N5O5S. The minimum Gasteiger partial charge on any atom is -0.494 e. The average Bonchev–Trinajstić information content (AvgIpc) is 3.43. The number of halogens is 3. The second kappa shape index (κ2) is 14.4. The van der Waals surface area contributed by atoms with E-state index in [-0.39, 0.29) is 22.4 Å². The molecule has 6 rings (SSSR count). The van der Waals surface area contributed by atoms with Gasteiger partial charge in [0.1, 0.15) is 17.2 Å². The fraction of sp³-hybridized carbons (Fsp3) is 0.278. The zero-order valence-corrected chi connectivity index (χ0v) is 28.3. The first-order valence-electron chi connectivity index (χ1n) is 16.1. The Labute approximate surface area is 288 Å². The number of ether oxygens (including phenoxy) is 2. The average molecular weight is 708 g/mol. The Balaban J connectivity index is 1.05. The second-order valence-electron chi connectivity index (χ2n) is 12.0. The Kier molecular flexibility index (Phi) is 10.0. The number of piperazine rings is 1. The van der Waals surface area contributed by atoms with E-state index >= 15 is 0 Å². The number of nitrogens with one attached hydrogen (secondary N) is 1. The third-order valence-corrected chi connectivity index (χ3v) is 9.80. The Morgan fingerprint density at radius 1 is 0.900 bits per heavy atom. The molecule has 0 unspecified atom stereocenters. The molecule has 1 N–H and O–H groups in total. The van der Waals surface area contributed by atoms with Gasteiger partial charge in [-0.2, -0.15) is 13.2 Å². The van der Waals surface area contributed by atoms with Crippen LogP contribution in [0.4, 0.5) is 18.9 Å². The second-order valence-corrected chi connectivity index (χ2v) is 13.7. The zero-order chi connectivity index (χ0) is 35.5. The number of hydrogen-bond donors (Lipinski definition) is 1. The third kappa shape index (κ3) is 8.03. The van der Waals surface area contributed by atoms with Crippen LogP contribution in [0.25, 0.3) is 10.9 Å². The molecule has 0 bridgehead atoms. The maximum absolute atomic E-state index is 13.6. The van der Waals surface area contributed by atoms with Crippen LogP contribution in [0.15, 0.2) is 96.0 Å². The molecule has 14 heteroatoms. The Morgan fingerprint density at radius 2 is 1.60 bits per heavy atom. The van der Waals surface area contributed by atoms with Crippen LogP contribution in [0.5, 0.6) is 17.4 Å². The zero-order valence-electron chi connectivity index (χ0n) is 27.5. The van der Waals surface area contributed by atoms with Gasteiger partial charge in [-0.05, 0) is 72.6 Å². The molecular weight excluding hydrogens is 671 g/mol. The fourth-order valence-electron chi connectivity index (χ4n) is 5.68. The van der Waals surface area contributed by atoms with Gasteiger partial charge in [0.05, 0.1) is 34.5 Å². The van der Waals surface area contributed by atoms with E-state index in [0.717, 1.165) is 54.8 Å². The smallest absolute Gasteiger partial charge is 0.416 e. The number of benzene rings is 3. The number of hydrogen-bond acceptors (Lipinski definition) is 7. The van der Waals surface area contributed by atoms with Crippen molar-refractivity contribution < 1.29 is 35.9 Å². The number of pyridine rings is 1. The Morgan fingerprint density at radius 3 is 2.24 bits per heavy atom. The van der Waals surface area contributed by atoms with Crippen LogP contribution in [0.1, 0.15) is 35.0 Å². The van der Waals surface area contributed by atoms with Crippen LogP contribution in [0, 0.1) is 0 Å². The van der Waals surface area contributed by atoms with Gasteiger partial charge < -0.3 is 18.9 Å². The molecule has 0 spiro atoms. The van der Waals surface area contributed by atoms with E-state index in [1.165, 1.54) is 23.9 Å². The van der Waals surface area contributed by atoms with Crippen molar-refractivity contribution >= 4 is 32.5 Å².